The summed E-state index contributed by atoms with van der Waals surface area (Å²) in [5.74, 6) is -0.371. The minimum Gasteiger partial charge on any atom is -0.462 e. The second-order valence-electron chi connectivity index (χ2n) is 8.15. The van der Waals surface area contributed by atoms with Crippen LogP contribution in [-0.4, -0.2) is 61.4 Å². The number of carbonyl (C=O) groups is 3. The van der Waals surface area contributed by atoms with Crippen LogP contribution in [0.2, 0.25) is 0 Å². The first-order chi connectivity index (χ1) is 15.3. The average molecular weight is 462 g/mol. The zero-order chi connectivity index (χ0) is 23.3. The predicted molar refractivity (Wildman–Crippen MR) is 123 cm³/mol. The Morgan fingerprint density at radius 1 is 1.19 bits per heavy atom. The molecular weight excluding hydrogens is 430 g/mol. The lowest BCUT2D eigenvalue weighted by atomic mass is 10.1. The molecule has 0 unspecified atom stereocenters. The molecule has 0 aliphatic carbocycles. The molecule has 2 aromatic heterocycles. The van der Waals surface area contributed by atoms with Crippen molar-refractivity contribution in [2.45, 2.75) is 46.1 Å². The molecule has 0 radical (unpaired) electrons. The summed E-state index contributed by atoms with van der Waals surface area (Å²) in [5, 5.41) is 3.04. The van der Waals surface area contributed by atoms with Gasteiger partial charge in [-0.1, -0.05) is 13.3 Å². The Hall–Kier alpha value is -2.65. The highest BCUT2D eigenvalue weighted by Crippen LogP contribution is 2.35. The Bertz CT molecular complexity index is 972. The summed E-state index contributed by atoms with van der Waals surface area (Å²) in [4.78, 5) is 42.2. The van der Waals surface area contributed by atoms with Gasteiger partial charge in [0.15, 0.2) is 5.76 Å². The van der Waals surface area contributed by atoms with Gasteiger partial charge in [0.25, 0.3) is 11.8 Å². The van der Waals surface area contributed by atoms with Gasteiger partial charge in [0.05, 0.1) is 23.6 Å². The molecule has 0 spiro atoms. The highest BCUT2D eigenvalue weighted by molar-refractivity contribution is 7.18. The van der Waals surface area contributed by atoms with E-state index in [1.807, 2.05) is 6.92 Å². The van der Waals surface area contributed by atoms with Crippen LogP contribution in [0.5, 0.6) is 0 Å². The lowest BCUT2D eigenvalue weighted by Crippen LogP contribution is -2.28. The number of anilines is 1. The number of nitrogens with one attached hydrogen (secondary N) is 1. The second kappa shape index (κ2) is 10.8. The largest absolute Gasteiger partial charge is 0.462 e. The average Bonchev–Trinajstić information content (AvgIpc) is 3.36. The molecule has 2 aromatic rings. The third-order valence-corrected chi connectivity index (χ3v) is 6.52. The number of amides is 2. The summed E-state index contributed by atoms with van der Waals surface area (Å²) >= 11 is 1.07. The highest BCUT2D eigenvalue weighted by atomic mass is 32.1. The number of carbonyl (C=O) groups excluding carboxylic acids is 3. The molecule has 32 heavy (non-hydrogen) atoms. The third-order valence-electron chi connectivity index (χ3n) is 5.33. The van der Waals surface area contributed by atoms with E-state index in [4.69, 9.17) is 9.15 Å². The van der Waals surface area contributed by atoms with Gasteiger partial charge in [0, 0.05) is 14.1 Å². The van der Waals surface area contributed by atoms with Crippen molar-refractivity contribution in [2.75, 3.05) is 39.1 Å². The van der Waals surface area contributed by atoms with Crippen molar-refractivity contribution in [2.24, 2.45) is 0 Å². The first-order valence-electron chi connectivity index (χ1n) is 11.0. The third kappa shape index (κ3) is 5.58. The monoisotopic (exact) mass is 461 g/mol. The molecule has 1 saturated heterocycles. The van der Waals surface area contributed by atoms with Gasteiger partial charge in [-0.05, 0) is 57.0 Å². The molecule has 1 fully saturated rings. The Kier molecular flexibility index (Phi) is 8.09. The predicted octanol–water partition coefficient (Wildman–Crippen LogP) is 4.16. The number of rotatable bonds is 8. The summed E-state index contributed by atoms with van der Waals surface area (Å²) in [6.07, 6.45) is 4.28. The van der Waals surface area contributed by atoms with Crippen LogP contribution in [0.3, 0.4) is 0 Å². The molecule has 1 aliphatic heterocycles. The van der Waals surface area contributed by atoms with Gasteiger partial charge < -0.3 is 19.4 Å². The molecule has 1 aliphatic rings. The van der Waals surface area contributed by atoms with Crippen molar-refractivity contribution >= 4 is 34.1 Å². The van der Waals surface area contributed by atoms with E-state index >= 15 is 0 Å². The van der Waals surface area contributed by atoms with Crippen molar-refractivity contribution in [1.82, 2.24) is 9.80 Å². The summed E-state index contributed by atoms with van der Waals surface area (Å²) in [7, 11) is 3.28. The van der Waals surface area contributed by atoms with Gasteiger partial charge in [-0.15, -0.1) is 11.3 Å². The fourth-order valence-corrected chi connectivity index (χ4v) is 4.82. The Morgan fingerprint density at radius 2 is 1.91 bits per heavy atom. The van der Waals surface area contributed by atoms with Gasteiger partial charge in [-0.25, -0.2) is 4.79 Å². The minimum atomic E-state index is -0.557. The van der Waals surface area contributed by atoms with Crippen molar-refractivity contribution in [3.05, 3.63) is 39.7 Å². The number of likely N-dealkylation sites (tertiary alicyclic amines) is 1. The van der Waals surface area contributed by atoms with Crippen molar-refractivity contribution < 1.29 is 23.5 Å². The van der Waals surface area contributed by atoms with Crippen molar-refractivity contribution in [3.8, 4) is 0 Å². The van der Waals surface area contributed by atoms with E-state index in [2.05, 4.69) is 10.2 Å². The van der Waals surface area contributed by atoms with E-state index in [0.29, 0.717) is 23.4 Å². The van der Waals surface area contributed by atoms with E-state index in [9.17, 15) is 14.4 Å². The second-order valence-corrected chi connectivity index (χ2v) is 9.17. The van der Waals surface area contributed by atoms with E-state index in [-0.39, 0.29) is 28.8 Å². The molecule has 0 atom stereocenters. The van der Waals surface area contributed by atoms with Gasteiger partial charge in [0.2, 0.25) is 0 Å². The number of furan rings is 1. The maximum atomic E-state index is 12.9. The fourth-order valence-electron chi connectivity index (χ4n) is 3.61. The molecule has 8 nitrogen and oxygen atoms in total. The van der Waals surface area contributed by atoms with E-state index in [0.717, 1.165) is 30.2 Å². The lowest BCUT2D eigenvalue weighted by molar-refractivity contribution is 0.0506. The van der Waals surface area contributed by atoms with Crippen LogP contribution in [0.4, 0.5) is 5.00 Å². The van der Waals surface area contributed by atoms with Crippen LogP contribution < -0.4 is 5.32 Å². The number of thiophene rings is 1. The Balaban J connectivity index is 1.80. The van der Waals surface area contributed by atoms with Gasteiger partial charge in [-0.3, -0.25) is 14.5 Å². The van der Waals surface area contributed by atoms with Gasteiger partial charge in [0.1, 0.15) is 10.8 Å². The zero-order valence-electron chi connectivity index (χ0n) is 19.2. The summed E-state index contributed by atoms with van der Waals surface area (Å²) in [6.45, 7) is 6.58. The van der Waals surface area contributed by atoms with Crippen LogP contribution >= 0.6 is 11.3 Å². The molecule has 3 heterocycles. The SMILES string of the molecule is CCCOC(=O)c1c(NC(=O)c2ccc(CN3CCCCC3)o2)sc(C(=O)N(C)C)c1C. The maximum absolute atomic E-state index is 12.9. The standard InChI is InChI=1S/C23H31N3O5S/c1-5-13-30-23(29)18-15(2)19(22(28)25(3)4)32-21(18)24-20(27)17-10-9-16(31-17)14-26-11-7-6-8-12-26/h9-10H,5-8,11-14H2,1-4H3,(H,24,27). The first-order valence-corrected chi connectivity index (χ1v) is 11.8. The van der Waals surface area contributed by atoms with E-state index in [1.54, 1.807) is 33.2 Å². The van der Waals surface area contributed by atoms with Crippen molar-refractivity contribution in [1.29, 1.82) is 0 Å². The highest BCUT2D eigenvalue weighted by Gasteiger charge is 2.28. The smallest absolute Gasteiger partial charge is 0.341 e. The number of nitrogens with zero attached hydrogens (tertiary/aromatic N) is 2. The Morgan fingerprint density at radius 3 is 2.56 bits per heavy atom. The molecule has 2 amide bonds. The van der Waals surface area contributed by atoms with Crippen LogP contribution in [0.1, 0.15) is 74.5 Å². The molecule has 174 valence electrons. The van der Waals surface area contributed by atoms with Crippen LogP contribution in [0.15, 0.2) is 16.5 Å². The molecule has 0 bridgehead atoms. The lowest BCUT2D eigenvalue weighted by Gasteiger charge is -2.25. The number of hydrogen-bond acceptors (Lipinski definition) is 7. The maximum Gasteiger partial charge on any atom is 0.341 e. The summed E-state index contributed by atoms with van der Waals surface area (Å²) in [5.41, 5.74) is 0.706. The summed E-state index contributed by atoms with van der Waals surface area (Å²) in [6, 6.07) is 3.44. The van der Waals surface area contributed by atoms with Crippen LogP contribution in [0.25, 0.3) is 0 Å². The molecule has 0 aromatic carbocycles. The number of piperidine rings is 1. The number of ether oxygens (including phenoxy) is 1. The van der Waals surface area contributed by atoms with Crippen LogP contribution in [-0.2, 0) is 11.3 Å². The number of esters is 1. The van der Waals surface area contributed by atoms with Crippen molar-refractivity contribution in [3.63, 3.8) is 0 Å². The van der Waals surface area contributed by atoms with Gasteiger partial charge in [-0.2, -0.15) is 0 Å². The molecule has 1 N–H and O–H groups in total. The molecule has 3 rings (SSSR count). The Labute approximate surface area is 192 Å². The summed E-state index contributed by atoms with van der Waals surface area (Å²) < 4.78 is 11.1. The fraction of sp³-hybridized carbons (Fsp3) is 0.522. The quantitative estimate of drug-likeness (QED) is 0.594. The van der Waals surface area contributed by atoms with E-state index < -0.39 is 11.9 Å². The van der Waals surface area contributed by atoms with E-state index in [1.165, 1.54) is 24.2 Å². The van der Waals surface area contributed by atoms with Crippen LogP contribution in [0, 0.1) is 6.92 Å². The molecule has 0 saturated carbocycles. The van der Waals surface area contributed by atoms with Gasteiger partial charge >= 0.3 is 5.97 Å². The zero-order valence-corrected chi connectivity index (χ0v) is 20.0. The topological polar surface area (TPSA) is 92.1 Å². The first kappa shape index (κ1) is 24.0. The molecule has 9 heteroatoms. The number of hydrogen-bond donors (Lipinski definition) is 1. The normalized spacial score (nSPS) is 14.2. The minimum absolute atomic E-state index is 0.163. The molecular formula is C23H31N3O5S.